The van der Waals surface area contributed by atoms with Gasteiger partial charge in [-0.1, -0.05) is 0 Å². The molecule has 0 atom stereocenters. The van der Waals surface area contributed by atoms with Crippen molar-refractivity contribution in [1.29, 1.82) is 0 Å². The Labute approximate surface area is 180 Å². The minimum Gasteiger partial charge on any atom is -0.357 e. The average molecular weight is 534 g/mol. The number of aliphatic imine (C=N–C) groups is 1. The van der Waals surface area contributed by atoms with Crippen LogP contribution in [0.1, 0.15) is 23.2 Å². The van der Waals surface area contributed by atoms with Crippen LogP contribution >= 0.6 is 35.3 Å². The van der Waals surface area contributed by atoms with E-state index in [0.29, 0.717) is 36.0 Å². The third-order valence-corrected chi connectivity index (χ3v) is 4.32. The highest BCUT2D eigenvalue weighted by molar-refractivity contribution is 14.0. The summed E-state index contributed by atoms with van der Waals surface area (Å²) in [7, 11) is 0. The molecular formula is C17H20F5IN4S. The van der Waals surface area contributed by atoms with Gasteiger partial charge in [-0.25, -0.2) is 13.8 Å². The Morgan fingerprint density at radius 1 is 1.11 bits per heavy atom. The Morgan fingerprint density at radius 3 is 2.36 bits per heavy atom. The summed E-state index contributed by atoms with van der Waals surface area (Å²) in [6.45, 7) is 3.12. The number of aromatic nitrogens is 1. The minimum atomic E-state index is -4.44. The number of guanidine groups is 1. The molecule has 1 aromatic carbocycles. The molecule has 2 rings (SSSR count). The highest BCUT2D eigenvalue weighted by Crippen LogP contribution is 2.30. The van der Waals surface area contributed by atoms with Crippen molar-refractivity contribution in [2.24, 2.45) is 4.99 Å². The third-order valence-electron chi connectivity index (χ3n) is 3.41. The maximum Gasteiger partial charge on any atom is 0.434 e. The van der Waals surface area contributed by atoms with E-state index in [4.69, 9.17) is 0 Å². The lowest BCUT2D eigenvalue weighted by atomic mass is 10.1. The first-order valence-electron chi connectivity index (χ1n) is 8.26. The molecule has 0 saturated heterocycles. The number of rotatable bonds is 7. The molecule has 0 bridgehead atoms. The Bertz CT molecular complexity index is 759. The predicted molar refractivity (Wildman–Crippen MR) is 110 cm³/mol. The van der Waals surface area contributed by atoms with Gasteiger partial charge in [-0.3, -0.25) is 4.99 Å². The number of nitrogens with zero attached hydrogens (tertiary/aromatic N) is 2. The molecule has 0 aliphatic carbocycles. The van der Waals surface area contributed by atoms with Gasteiger partial charge in [-0.2, -0.15) is 13.2 Å². The first-order chi connectivity index (χ1) is 12.8. The van der Waals surface area contributed by atoms with Gasteiger partial charge in [0.15, 0.2) is 11.7 Å². The summed E-state index contributed by atoms with van der Waals surface area (Å²) < 4.78 is 63.9. The van der Waals surface area contributed by atoms with Gasteiger partial charge in [-0.05, 0) is 31.0 Å². The van der Waals surface area contributed by atoms with E-state index < -0.39 is 23.5 Å². The van der Waals surface area contributed by atoms with Gasteiger partial charge in [-0.15, -0.1) is 35.3 Å². The van der Waals surface area contributed by atoms with Gasteiger partial charge in [0.1, 0.15) is 11.6 Å². The predicted octanol–water partition coefficient (Wildman–Crippen LogP) is 4.40. The highest BCUT2D eigenvalue weighted by Gasteiger charge is 2.33. The molecule has 0 radical (unpaired) electrons. The van der Waals surface area contributed by atoms with E-state index in [1.165, 1.54) is 12.1 Å². The van der Waals surface area contributed by atoms with Crippen molar-refractivity contribution in [3.63, 3.8) is 0 Å². The molecule has 0 aliphatic heterocycles. The van der Waals surface area contributed by atoms with Gasteiger partial charge < -0.3 is 10.6 Å². The number of hydrogen-bond acceptors (Lipinski definition) is 3. The first-order valence-corrected chi connectivity index (χ1v) is 9.14. The van der Waals surface area contributed by atoms with Gasteiger partial charge >= 0.3 is 6.18 Å². The summed E-state index contributed by atoms with van der Waals surface area (Å²) in [5, 5.41) is 7.37. The zero-order valence-electron chi connectivity index (χ0n) is 14.9. The van der Waals surface area contributed by atoms with Crippen molar-refractivity contribution >= 4 is 41.3 Å². The van der Waals surface area contributed by atoms with Crippen LogP contribution in [-0.2, 0) is 19.0 Å². The summed E-state index contributed by atoms with van der Waals surface area (Å²) >= 11 is 0.947. The maximum atomic E-state index is 13.2. The van der Waals surface area contributed by atoms with E-state index in [2.05, 4.69) is 20.6 Å². The lowest BCUT2D eigenvalue weighted by Gasteiger charge is -2.11. The first kappa shape index (κ1) is 24.5. The lowest BCUT2D eigenvalue weighted by molar-refractivity contribution is -0.140. The molecular weight excluding hydrogens is 514 g/mol. The summed E-state index contributed by atoms with van der Waals surface area (Å²) in [5.41, 5.74) is -0.378. The number of hydrogen-bond donors (Lipinski definition) is 2. The largest absolute Gasteiger partial charge is 0.434 e. The topological polar surface area (TPSA) is 49.3 Å². The Hall–Kier alpha value is -1.50. The van der Waals surface area contributed by atoms with Gasteiger partial charge in [0.2, 0.25) is 0 Å². The second kappa shape index (κ2) is 11.5. The second-order valence-electron chi connectivity index (χ2n) is 5.59. The van der Waals surface area contributed by atoms with E-state index in [0.717, 1.165) is 22.8 Å². The van der Waals surface area contributed by atoms with Crippen LogP contribution < -0.4 is 10.6 Å². The van der Waals surface area contributed by atoms with Crippen molar-refractivity contribution in [3.8, 4) is 0 Å². The molecule has 2 aromatic rings. The standard InChI is InChI=1S/C17H19F5N4S.HI/c1-2-23-16(24-5-3-11-7-12(18)9-13(19)8-11)25-6-4-15-26-14(10-27-15)17(20,21)22;/h7-10H,2-6H2,1H3,(H2,23,24,25);1H. The molecule has 0 saturated carbocycles. The fraction of sp³-hybridized carbons (Fsp3) is 0.412. The lowest BCUT2D eigenvalue weighted by Crippen LogP contribution is -2.38. The zero-order valence-corrected chi connectivity index (χ0v) is 18.1. The summed E-state index contributed by atoms with van der Waals surface area (Å²) in [5.74, 6) is -0.790. The molecule has 0 spiro atoms. The van der Waals surface area contributed by atoms with E-state index in [1.807, 2.05) is 6.92 Å². The summed E-state index contributed by atoms with van der Waals surface area (Å²) in [6.07, 6.45) is -3.77. The van der Waals surface area contributed by atoms with Gasteiger partial charge in [0.05, 0.1) is 5.01 Å². The minimum absolute atomic E-state index is 0. The number of benzene rings is 1. The Morgan fingerprint density at radius 2 is 1.79 bits per heavy atom. The molecule has 11 heteroatoms. The van der Waals surface area contributed by atoms with Crippen molar-refractivity contribution in [1.82, 2.24) is 15.6 Å². The number of alkyl halides is 3. The number of thiazole rings is 1. The zero-order chi connectivity index (χ0) is 19.9. The van der Waals surface area contributed by atoms with Crippen molar-refractivity contribution < 1.29 is 22.0 Å². The van der Waals surface area contributed by atoms with Crippen LogP contribution in [0.25, 0.3) is 0 Å². The molecule has 2 N–H and O–H groups in total. The number of halogens is 6. The molecule has 28 heavy (non-hydrogen) atoms. The van der Waals surface area contributed by atoms with Crippen LogP contribution in [0.15, 0.2) is 28.6 Å². The van der Waals surface area contributed by atoms with Gasteiger partial charge in [0.25, 0.3) is 0 Å². The van der Waals surface area contributed by atoms with E-state index in [1.54, 1.807) is 0 Å². The fourth-order valence-corrected chi connectivity index (χ4v) is 3.04. The van der Waals surface area contributed by atoms with Crippen LogP contribution in [0.4, 0.5) is 22.0 Å². The molecule has 156 valence electrons. The highest BCUT2D eigenvalue weighted by atomic mass is 127. The van der Waals surface area contributed by atoms with Crippen LogP contribution in [-0.4, -0.2) is 30.6 Å². The Balaban J connectivity index is 0.00000392. The van der Waals surface area contributed by atoms with Crippen molar-refractivity contribution in [2.75, 3.05) is 19.6 Å². The van der Waals surface area contributed by atoms with Crippen LogP contribution in [0.2, 0.25) is 0 Å². The molecule has 0 fully saturated rings. The molecule has 4 nitrogen and oxygen atoms in total. The van der Waals surface area contributed by atoms with E-state index in [9.17, 15) is 22.0 Å². The van der Waals surface area contributed by atoms with Crippen molar-refractivity contribution in [3.05, 3.63) is 51.5 Å². The third kappa shape index (κ3) is 8.25. The van der Waals surface area contributed by atoms with Crippen LogP contribution in [0.5, 0.6) is 0 Å². The number of nitrogens with one attached hydrogen (secondary N) is 2. The quantitative estimate of drug-likeness (QED) is 0.240. The van der Waals surface area contributed by atoms with Gasteiger partial charge in [0, 0.05) is 37.5 Å². The Kier molecular flexibility index (Phi) is 10.1. The normalized spacial score (nSPS) is 11.9. The summed E-state index contributed by atoms with van der Waals surface area (Å²) in [4.78, 5) is 7.83. The summed E-state index contributed by atoms with van der Waals surface area (Å²) in [6, 6.07) is 3.33. The fourth-order valence-electron chi connectivity index (χ4n) is 2.24. The molecule has 1 aromatic heterocycles. The smallest absolute Gasteiger partial charge is 0.357 e. The van der Waals surface area contributed by atoms with E-state index >= 15 is 0 Å². The second-order valence-corrected chi connectivity index (χ2v) is 6.53. The molecule has 0 unspecified atom stereocenters. The monoisotopic (exact) mass is 534 g/mol. The van der Waals surface area contributed by atoms with Crippen LogP contribution in [0.3, 0.4) is 0 Å². The van der Waals surface area contributed by atoms with E-state index in [-0.39, 0.29) is 36.9 Å². The van der Waals surface area contributed by atoms with Crippen LogP contribution in [0, 0.1) is 11.6 Å². The molecule has 0 amide bonds. The maximum absolute atomic E-state index is 13.2. The average Bonchev–Trinajstić information content (AvgIpc) is 3.03. The van der Waals surface area contributed by atoms with Crippen molar-refractivity contribution in [2.45, 2.75) is 25.9 Å². The molecule has 1 heterocycles. The SMILES string of the molecule is CCNC(=NCCc1nc(C(F)(F)F)cs1)NCCc1cc(F)cc(F)c1.I. The molecule has 0 aliphatic rings.